The molecule has 5 rings (SSSR count). The van der Waals surface area contributed by atoms with Crippen LogP contribution in [0.15, 0.2) is 102 Å². The number of benzene rings is 4. The predicted octanol–water partition coefficient (Wildman–Crippen LogP) is 7.71. The summed E-state index contributed by atoms with van der Waals surface area (Å²) in [5, 5.41) is 12.5. The highest BCUT2D eigenvalue weighted by Crippen LogP contribution is 2.45. The molecule has 0 saturated carbocycles. The maximum Gasteiger partial charge on any atom is 0.252 e. The van der Waals surface area contributed by atoms with E-state index >= 15 is 0 Å². The zero-order valence-corrected chi connectivity index (χ0v) is 25.6. The molecule has 4 aromatic carbocycles. The molecule has 0 bridgehead atoms. The first kappa shape index (κ1) is 32.2. The number of hydrogen-bond donors (Lipinski definition) is 2. The number of rotatable bonds is 12. The summed E-state index contributed by atoms with van der Waals surface area (Å²) in [6.45, 7) is 0.231. The number of carbonyl (C=O) groups is 1. The Hall–Kier alpha value is -4.24. The maximum absolute atomic E-state index is 14.3. The van der Waals surface area contributed by atoms with Gasteiger partial charge in [-0.05, 0) is 59.7 Å². The van der Waals surface area contributed by atoms with Gasteiger partial charge in [-0.3, -0.25) is 4.79 Å². The molecule has 1 aliphatic rings. The molecular weight excluding hydrogens is 621 g/mol. The number of nitrogens with zero attached hydrogens (tertiary/aromatic N) is 1. The van der Waals surface area contributed by atoms with E-state index in [1.165, 1.54) is 0 Å². The normalized spacial score (nSPS) is 17.6. The molecule has 45 heavy (non-hydrogen) atoms. The molecule has 0 spiro atoms. The molecule has 6 nitrogen and oxygen atoms in total. The molecule has 2 N–H and O–H groups in total. The van der Waals surface area contributed by atoms with Gasteiger partial charge in [0, 0.05) is 53.2 Å². The summed E-state index contributed by atoms with van der Waals surface area (Å²) < 4.78 is 39.9. The van der Waals surface area contributed by atoms with E-state index in [2.05, 4.69) is 5.32 Å². The molecule has 232 valence electrons. The van der Waals surface area contributed by atoms with Gasteiger partial charge in [-0.1, -0.05) is 71.8 Å². The van der Waals surface area contributed by atoms with E-state index < -0.39 is 29.2 Å². The summed E-state index contributed by atoms with van der Waals surface area (Å²) >= 11 is 12.9. The molecule has 0 radical (unpaired) electrons. The van der Waals surface area contributed by atoms with E-state index in [1.54, 1.807) is 42.5 Å². The zero-order chi connectivity index (χ0) is 31.8. The van der Waals surface area contributed by atoms with Crippen LogP contribution in [0.4, 0.5) is 8.78 Å². The Kier molecular flexibility index (Phi) is 10.5. The molecule has 2 atom stereocenters. The Morgan fingerprint density at radius 2 is 1.73 bits per heavy atom. The number of carbonyl (C=O) groups excluding carboxylic acids is 1. The van der Waals surface area contributed by atoms with Gasteiger partial charge in [0.15, 0.2) is 11.6 Å². The summed E-state index contributed by atoms with van der Waals surface area (Å²) in [7, 11) is 0. The molecule has 1 heterocycles. The second-order valence-corrected chi connectivity index (χ2v) is 11.3. The first-order valence-corrected chi connectivity index (χ1v) is 15.0. The Labute approximate surface area is 269 Å². The standard InChI is InChI=1S/C35H30Cl2F2N2O4/c36-26-11-14-30(31(37)20-26)32-35(15-4-8-23-6-2-1-3-7-23,34(43)40-22-24-18-27(38)21-28(39)19-24)41-33(45-32)25-9-12-29(13-10-25)44-17-5-16-42/h1-4,6-14,18-21,32,42H,5,15-17,22H2,(H,40,43)/b8-4+/t32-,35-/m1/s1. The molecule has 4 aromatic rings. The van der Waals surface area contributed by atoms with Gasteiger partial charge in [0.05, 0.1) is 6.61 Å². The third-order valence-electron chi connectivity index (χ3n) is 7.19. The van der Waals surface area contributed by atoms with Crippen LogP contribution in [0.5, 0.6) is 5.75 Å². The summed E-state index contributed by atoms with van der Waals surface area (Å²) in [5.41, 5.74) is 0.679. The molecular formula is C35H30Cl2F2N2O4. The van der Waals surface area contributed by atoms with E-state index in [0.29, 0.717) is 34.9 Å². The van der Waals surface area contributed by atoms with E-state index in [1.807, 2.05) is 42.5 Å². The average Bonchev–Trinajstić information content (AvgIpc) is 3.41. The van der Waals surface area contributed by atoms with Crippen LogP contribution in [0.25, 0.3) is 6.08 Å². The SMILES string of the molecule is O=C(NCc1cc(F)cc(F)c1)[C@]1(C/C=C/c2ccccc2)N=C(c2ccc(OCCCO)cc2)O[C@@H]1c1ccc(Cl)cc1Cl. The van der Waals surface area contributed by atoms with Crippen LogP contribution in [-0.4, -0.2) is 35.7 Å². The van der Waals surface area contributed by atoms with Gasteiger partial charge in [0.1, 0.15) is 17.4 Å². The topological polar surface area (TPSA) is 80.2 Å². The van der Waals surface area contributed by atoms with E-state index in [4.69, 9.17) is 42.8 Å². The number of ether oxygens (including phenoxy) is 2. The summed E-state index contributed by atoms with van der Waals surface area (Å²) in [6.07, 6.45) is 3.32. The number of aliphatic imine (C=N–C) groups is 1. The van der Waals surface area contributed by atoms with Crippen molar-refractivity contribution in [1.82, 2.24) is 5.32 Å². The van der Waals surface area contributed by atoms with Crippen molar-refractivity contribution in [1.29, 1.82) is 0 Å². The Morgan fingerprint density at radius 3 is 2.42 bits per heavy atom. The summed E-state index contributed by atoms with van der Waals surface area (Å²) in [4.78, 5) is 19.2. The minimum Gasteiger partial charge on any atom is -0.494 e. The van der Waals surface area contributed by atoms with E-state index in [0.717, 1.165) is 23.8 Å². The molecule has 0 fully saturated rings. The van der Waals surface area contributed by atoms with Crippen molar-refractivity contribution in [3.8, 4) is 5.75 Å². The molecule has 1 aliphatic heterocycles. The van der Waals surface area contributed by atoms with E-state index in [9.17, 15) is 13.6 Å². The van der Waals surface area contributed by atoms with Crippen molar-refractivity contribution >= 4 is 41.1 Å². The number of aliphatic hydroxyl groups is 1. The van der Waals surface area contributed by atoms with Crippen LogP contribution in [-0.2, 0) is 16.1 Å². The molecule has 1 amide bonds. The van der Waals surface area contributed by atoms with Crippen LogP contribution < -0.4 is 10.1 Å². The minimum atomic E-state index is -1.57. The second kappa shape index (κ2) is 14.7. The Balaban J connectivity index is 1.55. The first-order chi connectivity index (χ1) is 21.8. The van der Waals surface area contributed by atoms with Gasteiger partial charge in [0.25, 0.3) is 5.91 Å². The van der Waals surface area contributed by atoms with Crippen LogP contribution in [0.2, 0.25) is 10.0 Å². The second-order valence-electron chi connectivity index (χ2n) is 10.4. The minimum absolute atomic E-state index is 0.0222. The summed E-state index contributed by atoms with van der Waals surface area (Å²) in [5.74, 6) is -1.23. The highest BCUT2D eigenvalue weighted by Gasteiger charge is 2.53. The van der Waals surface area contributed by atoms with Gasteiger partial charge in [-0.2, -0.15) is 0 Å². The van der Waals surface area contributed by atoms with E-state index in [-0.39, 0.29) is 36.1 Å². The number of aliphatic hydroxyl groups excluding tert-OH is 1. The Bertz CT molecular complexity index is 1680. The number of hydrogen-bond acceptors (Lipinski definition) is 5. The van der Waals surface area contributed by atoms with Crippen molar-refractivity contribution in [3.63, 3.8) is 0 Å². The number of nitrogens with one attached hydrogen (secondary N) is 1. The lowest BCUT2D eigenvalue weighted by Crippen LogP contribution is -2.47. The fraction of sp³-hybridized carbons (Fsp3) is 0.200. The quantitative estimate of drug-likeness (QED) is 0.154. The lowest BCUT2D eigenvalue weighted by atomic mass is 9.84. The van der Waals surface area contributed by atoms with Gasteiger partial charge >= 0.3 is 0 Å². The van der Waals surface area contributed by atoms with Crippen LogP contribution >= 0.6 is 23.2 Å². The van der Waals surface area contributed by atoms with Crippen molar-refractivity contribution in [2.75, 3.05) is 13.2 Å². The maximum atomic E-state index is 14.3. The molecule has 0 unspecified atom stereocenters. The van der Waals surface area contributed by atoms with Crippen LogP contribution in [0.3, 0.4) is 0 Å². The third kappa shape index (κ3) is 7.89. The highest BCUT2D eigenvalue weighted by molar-refractivity contribution is 6.35. The lowest BCUT2D eigenvalue weighted by molar-refractivity contribution is -0.129. The van der Waals surface area contributed by atoms with Crippen LogP contribution in [0, 0.1) is 11.6 Å². The predicted molar refractivity (Wildman–Crippen MR) is 171 cm³/mol. The molecule has 0 saturated heterocycles. The average molecular weight is 652 g/mol. The van der Waals surface area contributed by atoms with Crippen molar-refractivity contribution in [2.45, 2.75) is 31.0 Å². The van der Waals surface area contributed by atoms with Gasteiger partial charge < -0.3 is 19.9 Å². The largest absolute Gasteiger partial charge is 0.494 e. The lowest BCUT2D eigenvalue weighted by Gasteiger charge is -2.30. The monoisotopic (exact) mass is 650 g/mol. The van der Waals surface area contributed by atoms with Crippen molar-refractivity contribution in [2.24, 2.45) is 4.99 Å². The number of halogens is 4. The Morgan fingerprint density at radius 1 is 1.00 bits per heavy atom. The van der Waals surface area contributed by atoms with Gasteiger partial charge in [-0.25, -0.2) is 13.8 Å². The highest BCUT2D eigenvalue weighted by atomic mass is 35.5. The van der Waals surface area contributed by atoms with Gasteiger partial charge in [0.2, 0.25) is 5.90 Å². The summed E-state index contributed by atoms with van der Waals surface area (Å²) in [6, 6.07) is 24.6. The molecule has 0 aliphatic carbocycles. The zero-order valence-electron chi connectivity index (χ0n) is 24.1. The van der Waals surface area contributed by atoms with Crippen molar-refractivity contribution in [3.05, 3.63) is 141 Å². The van der Waals surface area contributed by atoms with Crippen molar-refractivity contribution < 1.29 is 28.2 Å². The smallest absolute Gasteiger partial charge is 0.252 e. The van der Waals surface area contributed by atoms with Crippen LogP contribution in [0.1, 0.15) is 41.2 Å². The first-order valence-electron chi connectivity index (χ1n) is 14.3. The fourth-order valence-electron chi connectivity index (χ4n) is 4.99. The fourth-order valence-corrected chi connectivity index (χ4v) is 5.50. The molecule has 0 aromatic heterocycles. The van der Waals surface area contributed by atoms with Gasteiger partial charge in [-0.15, -0.1) is 0 Å². The number of amides is 1. The molecule has 10 heteroatoms. The third-order valence-corrected chi connectivity index (χ3v) is 7.75.